The van der Waals surface area contributed by atoms with Gasteiger partial charge in [0.05, 0.1) is 0 Å². The first kappa shape index (κ1) is 11.8. The first-order valence-corrected chi connectivity index (χ1v) is 2.56. The molecule has 0 aromatic carbocycles. The molecule has 0 bridgehead atoms. The molecule has 0 radical (unpaired) electrons. The third kappa shape index (κ3) is 10.1. The zero-order chi connectivity index (χ0) is 5.70. The zero-order valence-corrected chi connectivity index (χ0v) is 9.39. The Labute approximate surface area is 75.2 Å². The molecule has 0 aromatic rings. The van der Waals surface area contributed by atoms with Crippen molar-refractivity contribution in [2.24, 2.45) is 0 Å². The van der Waals surface area contributed by atoms with E-state index in [4.69, 9.17) is 5.11 Å². The van der Waals surface area contributed by atoms with Crippen LogP contribution in [0.1, 0.15) is 19.8 Å². The zero-order valence-electron chi connectivity index (χ0n) is 5.22. The van der Waals surface area contributed by atoms with E-state index < -0.39 is 0 Å². The Balaban J connectivity index is 0. The average Bonchev–Trinajstić information content (AvgIpc) is 1.61. The minimum atomic E-state index is -0.379. The molecule has 0 heterocycles. The van der Waals surface area contributed by atoms with Crippen LogP contribution in [-0.4, -0.2) is 11.2 Å². The largest absolute Gasteiger partial charge is 2.00 e. The molecule has 0 fully saturated rings. The van der Waals surface area contributed by atoms with Gasteiger partial charge < -0.3 is 18.5 Å². The molecular formula is C6H12OU. The molecule has 0 aliphatic heterocycles. The quantitative estimate of drug-likeness (QED) is 0.767. The second-order valence-corrected chi connectivity index (χ2v) is 1.64. The third-order valence-electron chi connectivity index (χ3n) is 0.789. The number of rotatable bonds is 3. The van der Waals surface area contributed by atoms with Crippen LogP contribution in [0.15, 0.2) is 0 Å². The smallest absolute Gasteiger partial charge is 0.425 e. The molecule has 1 nitrogen and oxygen atoms in total. The molecule has 0 aliphatic rings. The average molecular weight is 338 g/mol. The summed E-state index contributed by atoms with van der Waals surface area (Å²) in [5, 5.41) is 8.55. The number of aliphatic hydroxyl groups excluding tert-OH is 1. The third-order valence-corrected chi connectivity index (χ3v) is 0.789. The molecule has 0 saturated heterocycles. The molecular weight excluding hydrogens is 326 g/mol. The van der Waals surface area contributed by atoms with E-state index in [2.05, 4.69) is 6.92 Å². The number of aliphatic hydroxyl groups is 1. The van der Waals surface area contributed by atoms with Crippen molar-refractivity contribution in [3.8, 4) is 0 Å². The fourth-order valence-electron chi connectivity index (χ4n) is 0.359. The number of hydrogen-bond donors (Lipinski definition) is 1. The van der Waals surface area contributed by atoms with E-state index in [0.717, 1.165) is 12.8 Å². The minimum Gasteiger partial charge on any atom is -0.425 e. The Morgan fingerprint density at radius 1 is 1.75 bits per heavy atom. The van der Waals surface area contributed by atoms with Crippen molar-refractivity contribution in [2.75, 3.05) is 0 Å². The Kier molecular flexibility index (Phi) is 11.8. The predicted molar refractivity (Wildman–Crippen MR) is 30.6 cm³/mol. The molecule has 1 atom stereocenters. The first-order chi connectivity index (χ1) is 3.27. The molecule has 46 valence electrons. The second kappa shape index (κ2) is 8.01. The van der Waals surface area contributed by atoms with Crippen LogP contribution in [0.25, 0.3) is 0 Å². The minimum absolute atomic E-state index is 0. The maximum atomic E-state index is 8.55. The van der Waals surface area contributed by atoms with Gasteiger partial charge in [-0.15, -0.1) is 0 Å². The van der Waals surface area contributed by atoms with Gasteiger partial charge in [-0.3, -0.25) is 0 Å². The second-order valence-electron chi connectivity index (χ2n) is 1.64. The Morgan fingerprint density at radius 2 is 2.25 bits per heavy atom. The molecule has 0 amide bonds. The maximum absolute atomic E-state index is 8.55. The van der Waals surface area contributed by atoms with Crippen molar-refractivity contribution in [2.45, 2.75) is 25.9 Å². The van der Waals surface area contributed by atoms with Crippen LogP contribution >= 0.6 is 0 Å². The van der Waals surface area contributed by atoms with Gasteiger partial charge in [0, 0.05) is 0 Å². The normalized spacial score (nSPS) is 12.4. The van der Waals surface area contributed by atoms with Crippen LogP contribution < -0.4 is 0 Å². The number of unbranched alkanes of at least 4 members (excludes halogenated alkanes) is 1. The summed E-state index contributed by atoms with van der Waals surface area (Å²) in [5.74, 6) is 0. The van der Waals surface area contributed by atoms with E-state index in [9.17, 15) is 0 Å². The van der Waals surface area contributed by atoms with Gasteiger partial charge in [-0.25, -0.2) is 0 Å². The van der Waals surface area contributed by atoms with Crippen LogP contribution in [0.5, 0.6) is 0 Å². The van der Waals surface area contributed by atoms with Gasteiger partial charge in [0.25, 0.3) is 0 Å². The summed E-state index contributed by atoms with van der Waals surface area (Å²) >= 11 is 0. The molecule has 0 rings (SSSR count). The van der Waals surface area contributed by atoms with Crippen molar-refractivity contribution >= 4 is 0 Å². The van der Waals surface area contributed by atoms with Gasteiger partial charge >= 0.3 is 31.1 Å². The van der Waals surface area contributed by atoms with Crippen molar-refractivity contribution in [1.82, 2.24) is 0 Å². The Morgan fingerprint density at radius 3 is 2.38 bits per heavy atom. The van der Waals surface area contributed by atoms with E-state index in [-0.39, 0.29) is 37.2 Å². The Hall–Kier alpha value is 1.01. The predicted octanol–water partition coefficient (Wildman–Crippen LogP) is 1.19. The van der Waals surface area contributed by atoms with Gasteiger partial charge in [-0.05, 0) is 0 Å². The summed E-state index contributed by atoms with van der Waals surface area (Å²) in [6.07, 6.45) is 3.39. The summed E-state index contributed by atoms with van der Waals surface area (Å²) in [5.41, 5.74) is 0. The molecule has 0 unspecified atom stereocenters. The van der Waals surface area contributed by atoms with Gasteiger partial charge in [-0.1, -0.05) is 12.5 Å². The van der Waals surface area contributed by atoms with Gasteiger partial charge in [0.2, 0.25) is 0 Å². The van der Waals surface area contributed by atoms with Gasteiger partial charge in [0.15, 0.2) is 0 Å². The topological polar surface area (TPSA) is 20.2 Å². The summed E-state index contributed by atoms with van der Waals surface area (Å²) in [7, 11) is 0. The molecule has 0 aliphatic carbocycles. The van der Waals surface area contributed by atoms with Crippen molar-refractivity contribution in [3.63, 3.8) is 0 Å². The van der Waals surface area contributed by atoms with Crippen LogP contribution in [-0.2, 0) is 0 Å². The monoisotopic (exact) mass is 338 g/mol. The standard InChI is InChI=1S/C6H12O.U/c1-3-4-5-6(2)7;/h3,6-7H,2,4-5H2,1H3;/q-2;+2/t6-;/m1./s1. The summed E-state index contributed by atoms with van der Waals surface area (Å²) in [4.78, 5) is 0. The molecule has 2 heteroatoms. The van der Waals surface area contributed by atoms with E-state index in [1.807, 2.05) is 13.3 Å². The number of hydrogen-bond acceptors (Lipinski definition) is 1. The van der Waals surface area contributed by atoms with Gasteiger partial charge in [-0.2, -0.15) is 13.3 Å². The molecule has 0 spiro atoms. The van der Waals surface area contributed by atoms with E-state index in [0.29, 0.717) is 0 Å². The molecule has 0 aromatic heterocycles. The SMILES string of the molecule is [CH2-][C@@H](O)CC[CH-]C.[U+2]. The fourth-order valence-corrected chi connectivity index (χ4v) is 0.359. The van der Waals surface area contributed by atoms with E-state index in [1.54, 1.807) is 0 Å². The van der Waals surface area contributed by atoms with Gasteiger partial charge in [0.1, 0.15) is 0 Å². The summed E-state index contributed by atoms with van der Waals surface area (Å²) < 4.78 is 0. The summed E-state index contributed by atoms with van der Waals surface area (Å²) in [6, 6.07) is 0. The first-order valence-electron chi connectivity index (χ1n) is 2.56. The molecule has 1 N–H and O–H groups in total. The van der Waals surface area contributed by atoms with Crippen LogP contribution in [0.4, 0.5) is 0 Å². The maximum Gasteiger partial charge on any atom is 2.00 e. The molecule has 0 saturated carbocycles. The molecule has 8 heavy (non-hydrogen) atoms. The van der Waals surface area contributed by atoms with Crippen LogP contribution in [0.2, 0.25) is 0 Å². The van der Waals surface area contributed by atoms with Crippen LogP contribution in [0, 0.1) is 44.5 Å². The van der Waals surface area contributed by atoms with E-state index in [1.165, 1.54) is 0 Å². The Bertz CT molecular complexity index is 37.5. The van der Waals surface area contributed by atoms with Crippen LogP contribution in [0.3, 0.4) is 0 Å². The van der Waals surface area contributed by atoms with E-state index >= 15 is 0 Å². The van der Waals surface area contributed by atoms with Crippen molar-refractivity contribution in [1.29, 1.82) is 0 Å². The summed E-state index contributed by atoms with van der Waals surface area (Å²) in [6.45, 7) is 5.39. The fraction of sp³-hybridized carbons (Fsp3) is 0.667. The van der Waals surface area contributed by atoms with Crippen molar-refractivity contribution in [3.05, 3.63) is 13.3 Å². The van der Waals surface area contributed by atoms with Crippen molar-refractivity contribution < 1.29 is 36.2 Å².